The van der Waals surface area contributed by atoms with Crippen molar-refractivity contribution in [2.75, 3.05) is 19.6 Å². The van der Waals surface area contributed by atoms with Crippen LogP contribution in [0.5, 0.6) is 0 Å². The van der Waals surface area contributed by atoms with Crippen molar-refractivity contribution >= 4 is 5.91 Å². The van der Waals surface area contributed by atoms with Crippen LogP contribution in [-0.2, 0) is 6.42 Å². The Morgan fingerprint density at radius 3 is 2.39 bits per heavy atom. The van der Waals surface area contributed by atoms with Crippen LogP contribution >= 0.6 is 0 Å². The number of nitrogens with two attached hydrogens (primary N) is 1. The summed E-state index contributed by atoms with van der Waals surface area (Å²) in [4.78, 5) is 14.2. The first-order valence-electron chi connectivity index (χ1n) is 6.83. The van der Waals surface area contributed by atoms with Gasteiger partial charge in [-0.2, -0.15) is 0 Å². The van der Waals surface area contributed by atoms with Crippen LogP contribution in [-0.4, -0.2) is 30.4 Å². The van der Waals surface area contributed by atoms with Gasteiger partial charge in [-0.05, 0) is 49.4 Å². The van der Waals surface area contributed by atoms with E-state index >= 15 is 0 Å². The highest BCUT2D eigenvalue weighted by molar-refractivity contribution is 5.94. The number of nitrogens with zero attached hydrogens (tertiary/aromatic N) is 1. The molecule has 1 aromatic carbocycles. The fourth-order valence-electron chi connectivity index (χ4n) is 2.44. The van der Waals surface area contributed by atoms with E-state index in [1.165, 1.54) is 5.56 Å². The summed E-state index contributed by atoms with van der Waals surface area (Å²) in [5.41, 5.74) is 7.74. The van der Waals surface area contributed by atoms with Crippen LogP contribution < -0.4 is 5.73 Å². The van der Waals surface area contributed by atoms with Gasteiger partial charge in [0.05, 0.1) is 0 Å². The van der Waals surface area contributed by atoms with Gasteiger partial charge < -0.3 is 10.6 Å². The number of hydrogen-bond donors (Lipinski definition) is 1. The molecule has 0 bridgehead atoms. The van der Waals surface area contributed by atoms with E-state index in [9.17, 15) is 4.79 Å². The monoisotopic (exact) mass is 246 g/mol. The molecule has 0 aliphatic carbocycles. The van der Waals surface area contributed by atoms with E-state index in [1.54, 1.807) is 0 Å². The third kappa shape index (κ3) is 2.91. The van der Waals surface area contributed by atoms with Crippen LogP contribution in [0.3, 0.4) is 0 Å². The molecular weight excluding hydrogens is 224 g/mol. The zero-order chi connectivity index (χ0) is 13.0. The first-order valence-corrected chi connectivity index (χ1v) is 6.83. The largest absolute Gasteiger partial charge is 0.339 e. The van der Waals surface area contributed by atoms with Crippen LogP contribution in [0.1, 0.15) is 35.7 Å². The summed E-state index contributed by atoms with van der Waals surface area (Å²) in [5, 5.41) is 0. The molecule has 18 heavy (non-hydrogen) atoms. The summed E-state index contributed by atoms with van der Waals surface area (Å²) < 4.78 is 0. The van der Waals surface area contributed by atoms with Gasteiger partial charge in [-0.15, -0.1) is 0 Å². The number of aryl methyl sites for hydroxylation is 1. The van der Waals surface area contributed by atoms with Gasteiger partial charge in [0.2, 0.25) is 0 Å². The van der Waals surface area contributed by atoms with Crippen LogP contribution in [0.15, 0.2) is 24.3 Å². The van der Waals surface area contributed by atoms with Crippen LogP contribution in [0.4, 0.5) is 0 Å². The van der Waals surface area contributed by atoms with Gasteiger partial charge in [-0.25, -0.2) is 0 Å². The topological polar surface area (TPSA) is 46.3 Å². The van der Waals surface area contributed by atoms with Gasteiger partial charge in [0, 0.05) is 18.7 Å². The van der Waals surface area contributed by atoms with E-state index in [4.69, 9.17) is 5.73 Å². The number of amides is 1. The van der Waals surface area contributed by atoms with Gasteiger partial charge in [0.25, 0.3) is 5.91 Å². The molecular formula is C15H22N2O. The third-order valence-corrected chi connectivity index (χ3v) is 3.84. The quantitative estimate of drug-likeness (QED) is 0.887. The molecule has 3 nitrogen and oxygen atoms in total. The molecule has 0 unspecified atom stereocenters. The second-order valence-electron chi connectivity index (χ2n) is 5.02. The molecule has 2 rings (SSSR count). The minimum atomic E-state index is 0.160. The average molecular weight is 246 g/mol. The van der Waals surface area contributed by atoms with Crippen LogP contribution in [0.2, 0.25) is 0 Å². The van der Waals surface area contributed by atoms with Gasteiger partial charge >= 0.3 is 0 Å². The molecule has 98 valence electrons. The van der Waals surface area contributed by atoms with Crippen molar-refractivity contribution in [1.29, 1.82) is 0 Å². The number of hydrogen-bond acceptors (Lipinski definition) is 2. The lowest BCUT2D eigenvalue weighted by atomic mass is 9.96. The Morgan fingerprint density at radius 1 is 1.28 bits per heavy atom. The minimum Gasteiger partial charge on any atom is -0.339 e. The summed E-state index contributed by atoms with van der Waals surface area (Å²) in [6.07, 6.45) is 3.08. The Bertz CT molecular complexity index is 391. The molecule has 1 aliphatic rings. The average Bonchev–Trinajstić information content (AvgIpc) is 2.47. The lowest BCUT2D eigenvalue weighted by Crippen LogP contribution is -2.40. The second-order valence-corrected chi connectivity index (χ2v) is 5.02. The first-order chi connectivity index (χ1) is 8.74. The van der Waals surface area contributed by atoms with E-state index in [-0.39, 0.29) is 5.91 Å². The summed E-state index contributed by atoms with van der Waals surface area (Å²) in [6, 6.07) is 7.96. The maximum atomic E-state index is 12.3. The lowest BCUT2D eigenvalue weighted by Gasteiger charge is -2.31. The Kier molecular flexibility index (Phi) is 4.37. The summed E-state index contributed by atoms with van der Waals surface area (Å²) in [7, 11) is 0. The van der Waals surface area contributed by atoms with E-state index in [0.717, 1.165) is 44.5 Å². The maximum Gasteiger partial charge on any atom is 0.253 e. The number of benzene rings is 1. The molecule has 1 amide bonds. The predicted molar refractivity (Wildman–Crippen MR) is 73.5 cm³/mol. The number of carbonyl (C=O) groups is 1. The Morgan fingerprint density at radius 2 is 1.89 bits per heavy atom. The summed E-state index contributed by atoms with van der Waals surface area (Å²) in [5.74, 6) is 0.754. The molecule has 0 atom stereocenters. The van der Waals surface area contributed by atoms with Crippen molar-refractivity contribution in [2.45, 2.75) is 26.2 Å². The zero-order valence-corrected chi connectivity index (χ0v) is 11.1. The summed E-state index contributed by atoms with van der Waals surface area (Å²) in [6.45, 7) is 4.55. The molecule has 1 saturated heterocycles. The van der Waals surface area contributed by atoms with E-state index < -0.39 is 0 Å². The fraction of sp³-hybridized carbons (Fsp3) is 0.533. The maximum absolute atomic E-state index is 12.3. The zero-order valence-electron chi connectivity index (χ0n) is 11.1. The molecule has 0 spiro atoms. The molecule has 0 saturated carbocycles. The molecule has 0 radical (unpaired) electrons. The van der Waals surface area contributed by atoms with E-state index in [1.807, 2.05) is 29.2 Å². The predicted octanol–water partition coefficient (Wildman–Crippen LogP) is 2.06. The van der Waals surface area contributed by atoms with Crippen LogP contribution in [0.25, 0.3) is 0 Å². The van der Waals surface area contributed by atoms with E-state index in [0.29, 0.717) is 5.92 Å². The molecule has 3 heteroatoms. The van der Waals surface area contributed by atoms with Crippen molar-refractivity contribution in [3.05, 3.63) is 35.4 Å². The molecule has 0 aromatic heterocycles. The van der Waals surface area contributed by atoms with Gasteiger partial charge in [0.15, 0.2) is 0 Å². The lowest BCUT2D eigenvalue weighted by molar-refractivity contribution is 0.0693. The number of likely N-dealkylation sites (tertiary alicyclic amines) is 1. The second kappa shape index (κ2) is 6.01. The molecule has 1 aliphatic heterocycles. The summed E-state index contributed by atoms with van der Waals surface area (Å²) >= 11 is 0. The Labute approximate surface area is 109 Å². The van der Waals surface area contributed by atoms with Crippen molar-refractivity contribution in [3.63, 3.8) is 0 Å². The number of carbonyl (C=O) groups excluding carboxylic acids is 1. The van der Waals surface area contributed by atoms with Gasteiger partial charge in [-0.3, -0.25) is 4.79 Å². The molecule has 1 fully saturated rings. The molecule has 1 aromatic rings. The fourth-order valence-corrected chi connectivity index (χ4v) is 2.44. The first kappa shape index (κ1) is 13.1. The van der Waals surface area contributed by atoms with Crippen molar-refractivity contribution in [3.8, 4) is 0 Å². The van der Waals surface area contributed by atoms with Gasteiger partial charge in [0.1, 0.15) is 0 Å². The van der Waals surface area contributed by atoms with E-state index in [2.05, 4.69) is 6.92 Å². The highest BCUT2D eigenvalue weighted by atomic mass is 16.2. The molecule has 1 heterocycles. The highest BCUT2D eigenvalue weighted by Crippen LogP contribution is 2.18. The smallest absolute Gasteiger partial charge is 0.253 e. The Balaban J connectivity index is 1.98. The third-order valence-electron chi connectivity index (χ3n) is 3.84. The highest BCUT2D eigenvalue weighted by Gasteiger charge is 2.22. The van der Waals surface area contributed by atoms with Crippen molar-refractivity contribution < 1.29 is 4.79 Å². The standard InChI is InChI=1S/C15H22N2O/c1-2-12-3-5-14(6-4-12)15(18)17-9-7-13(11-16)8-10-17/h3-6,13H,2,7-11,16H2,1H3. The van der Waals surface area contributed by atoms with Crippen LogP contribution in [0, 0.1) is 5.92 Å². The van der Waals surface area contributed by atoms with Crippen molar-refractivity contribution in [1.82, 2.24) is 4.90 Å². The SMILES string of the molecule is CCc1ccc(C(=O)N2CCC(CN)CC2)cc1. The Hall–Kier alpha value is -1.35. The number of rotatable bonds is 3. The number of piperidine rings is 1. The molecule has 2 N–H and O–H groups in total. The minimum absolute atomic E-state index is 0.160. The normalized spacial score (nSPS) is 16.9. The van der Waals surface area contributed by atoms with Crippen molar-refractivity contribution in [2.24, 2.45) is 11.7 Å². The van der Waals surface area contributed by atoms with Gasteiger partial charge in [-0.1, -0.05) is 19.1 Å².